The van der Waals surface area contributed by atoms with Crippen LogP contribution in [-0.4, -0.2) is 41.9 Å². The summed E-state index contributed by atoms with van der Waals surface area (Å²) in [6.07, 6.45) is 2.44. The molecule has 7 heteroatoms. The molecule has 0 saturated carbocycles. The highest BCUT2D eigenvalue weighted by atomic mass is 79.9. The molecule has 1 saturated heterocycles. The number of nitrogens with zero attached hydrogens (tertiary/aromatic N) is 2. The highest BCUT2D eigenvalue weighted by molar-refractivity contribution is 9.13. The molecule has 1 atom stereocenters. The lowest BCUT2D eigenvalue weighted by molar-refractivity contribution is 0.0371. The Balaban J connectivity index is 1.71. The molecule has 0 aliphatic carbocycles. The van der Waals surface area contributed by atoms with Gasteiger partial charge in [0.2, 0.25) is 5.95 Å². The fourth-order valence-electron chi connectivity index (χ4n) is 3.48. The minimum Gasteiger partial charge on any atom is -0.374 e. The van der Waals surface area contributed by atoms with Crippen LogP contribution in [0, 0.1) is 6.92 Å². The van der Waals surface area contributed by atoms with Crippen LogP contribution < -0.4 is 10.6 Å². The number of aromatic nitrogens is 2. The maximum Gasteiger partial charge on any atom is 0.203 e. The molecule has 1 aromatic carbocycles. The van der Waals surface area contributed by atoms with Crippen LogP contribution in [0.15, 0.2) is 8.95 Å². The fourth-order valence-corrected chi connectivity index (χ4v) is 4.59. The number of benzene rings is 1. The number of hydrogen-bond donors (Lipinski definition) is 2. The zero-order valence-corrected chi connectivity index (χ0v) is 16.3. The Labute approximate surface area is 152 Å². The lowest BCUT2D eigenvalue weighted by atomic mass is 10.0. The fraction of sp³-hybridized carbons (Fsp3) is 0.562. The van der Waals surface area contributed by atoms with Crippen molar-refractivity contribution in [3.8, 4) is 0 Å². The molecule has 0 bridgehead atoms. The Kier molecular flexibility index (Phi) is 4.38. The Morgan fingerprint density at radius 1 is 1.39 bits per heavy atom. The maximum absolute atomic E-state index is 5.77. The highest BCUT2D eigenvalue weighted by Gasteiger charge is 2.24. The van der Waals surface area contributed by atoms with Crippen LogP contribution in [0.2, 0.25) is 0 Å². The summed E-state index contributed by atoms with van der Waals surface area (Å²) in [6.45, 7) is 6.55. The van der Waals surface area contributed by atoms with Gasteiger partial charge in [-0.3, -0.25) is 0 Å². The van der Waals surface area contributed by atoms with Crippen LogP contribution >= 0.6 is 31.9 Å². The van der Waals surface area contributed by atoms with Crippen LogP contribution in [0.1, 0.15) is 17.5 Å². The Hall–Kier alpha value is -0.630. The molecule has 0 amide bonds. The molecular weight excluding hydrogens is 424 g/mol. The van der Waals surface area contributed by atoms with Gasteiger partial charge in [0, 0.05) is 35.1 Å². The molecular formula is C16H20Br2N4O. The van der Waals surface area contributed by atoms with E-state index in [1.54, 1.807) is 0 Å². The second kappa shape index (κ2) is 6.35. The summed E-state index contributed by atoms with van der Waals surface area (Å²) < 4.78 is 10.4. The lowest BCUT2D eigenvalue weighted by Gasteiger charge is -2.24. The van der Waals surface area contributed by atoms with Crippen molar-refractivity contribution in [3.05, 3.63) is 20.1 Å². The monoisotopic (exact) mass is 442 g/mol. The number of ether oxygens (including phenoxy) is 1. The molecule has 4 rings (SSSR count). The third kappa shape index (κ3) is 2.71. The van der Waals surface area contributed by atoms with Crippen LogP contribution in [0.3, 0.4) is 0 Å². The van der Waals surface area contributed by atoms with E-state index in [2.05, 4.69) is 54.0 Å². The molecule has 3 heterocycles. The molecule has 1 unspecified atom stereocenters. The second-order valence-corrected chi connectivity index (χ2v) is 7.78. The Morgan fingerprint density at radius 3 is 3.04 bits per heavy atom. The van der Waals surface area contributed by atoms with Crippen LogP contribution in [-0.2, 0) is 17.7 Å². The van der Waals surface area contributed by atoms with Gasteiger partial charge in [0.1, 0.15) is 0 Å². The van der Waals surface area contributed by atoms with Crippen molar-refractivity contribution in [1.82, 2.24) is 14.9 Å². The van der Waals surface area contributed by atoms with Gasteiger partial charge in [-0.2, -0.15) is 0 Å². The number of morpholine rings is 1. The number of rotatable bonds is 3. The highest BCUT2D eigenvalue weighted by Crippen LogP contribution is 2.40. The summed E-state index contributed by atoms with van der Waals surface area (Å²) in [6, 6.07) is 0. The summed E-state index contributed by atoms with van der Waals surface area (Å²) in [7, 11) is 0. The molecule has 2 aliphatic heterocycles. The van der Waals surface area contributed by atoms with Gasteiger partial charge in [0.25, 0.3) is 0 Å². The SMILES string of the molecule is Cc1c(Br)c(Br)c2c3c1nc(NCC1CNCCO1)n3CCC2. The minimum absolute atomic E-state index is 0.207. The standard InChI is InChI=1S/C16H20Br2N4O/c1-9-12(17)13(18)11-3-2-5-22-15(11)14(9)21-16(22)20-8-10-7-19-4-6-23-10/h10,19H,2-8H2,1H3,(H,20,21). The predicted octanol–water partition coefficient (Wildman–Crippen LogP) is 3.22. The molecule has 0 radical (unpaired) electrons. The third-order valence-electron chi connectivity index (χ3n) is 4.70. The normalized spacial score (nSPS) is 20.9. The zero-order chi connectivity index (χ0) is 16.0. The van der Waals surface area contributed by atoms with E-state index in [1.807, 2.05) is 0 Å². The van der Waals surface area contributed by atoms with Crippen molar-refractivity contribution >= 4 is 48.8 Å². The van der Waals surface area contributed by atoms with Gasteiger partial charge in [-0.15, -0.1) is 0 Å². The van der Waals surface area contributed by atoms with Crippen molar-refractivity contribution < 1.29 is 4.74 Å². The maximum atomic E-state index is 5.77. The van der Waals surface area contributed by atoms with Crippen molar-refractivity contribution in [3.63, 3.8) is 0 Å². The Bertz CT molecular complexity index is 753. The number of anilines is 1. The van der Waals surface area contributed by atoms with Gasteiger partial charge in [0.05, 0.1) is 23.7 Å². The average Bonchev–Trinajstić information content (AvgIpc) is 2.97. The van der Waals surface area contributed by atoms with Crippen molar-refractivity contribution in [2.75, 3.05) is 31.6 Å². The number of imidazole rings is 1. The summed E-state index contributed by atoms with van der Waals surface area (Å²) in [5.74, 6) is 0.961. The molecule has 1 aromatic heterocycles. The number of hydrogen-bond acceptors (Lipinski definition) is 4. The molecule has 5 nitrogen and oxygen atoms in total. The zero-order valence-electron chi connectivity index (χ0n) is 13.1. The summed E-state index contributed by atoms with van der Waals surface area (Å²) >= 11 is 7.46. The molecule has 2 N–H and O–H groups in total. The number of nitrogens with one attached hydrogen (secondary N) is 2. The first-order chi connectivity index (χ1) is 11.2. The van der Waals surface area contributed by atoms with E-state index in [9.17, 15) is 0 Å². The minimum atomic E-state index is 0.207. The van der Waals surface area contributed by atoms with Gasteiger partial charge < -0.3 is 19.9 Å². The van der Waals surface area contributed by atoms with Gasteiger partial charge in [-0.25, -0.2) is 4.98 Å². The molecule has 0 spiro atoms. The van der Waals surface area contributed by atoms with E-state index in [0.29, 0.717) is 0 Å². The van der Waals surface area contributed by atoms with Gasteiger partial charge >= 0.3 is 0 Å². The Morgan fingerprint density at radius 2 is 2.26 bits per heavy atom. The first-order valence-corrected chi connectivity index (χ1v) is 9.68. The topological polar surface area (TPSA) is 51.1 Å². The lowest BCUT2D eigenvalue weighted by Crippen LogP contribution is -2.42. The van der Waals surface area contributed by atoms with Crippen LogP contribution in [0.25, 0.3) is 11.0 Å². The van der Waals surface area contributed by atoms with Crippen molar-refractivity contribution in [2.24, 2.45) is 0 Å². The molecule has 1 fully saturated rings. The van der Waals surface area contributed by atoms with E-state index in [4.69, 9.17) is 9.72 Å². The predicted molar refractivity (Wildman–Crippen MR) is 99.3 cm³/mol. The van der Waals surface area contributed by atoms with Gasteiger partial charge in [-0.1, -0.05) is 0 Å². The van der Waals surface area contributed by atoms with E-state index in [-0.39, 0.29) is 6.10 Å². The largest absolute Gasteiger partial charge is 0.374 e. The van der Waals surface area contributed by atoms with Crippen molar-refractivity contribution in [1.29, 1.82) is 0 Å². The van der Waals surface area contributed by atoms with Gasteiger partial charge in [-0.05, 0) is 62.8 Å². The van der Waals surface area contributed by atoms with E-state index in [1.165, 1.54) is 21.1 Å². The molecule has 124 valence electrons. The first kappa shape index (κ1) is 15.9. The average molecular weight is 444 g/mol. The van der Waals surface area contributed by atoms with Crippen LogP contribution in [0.4, 0.5) is 5.95 Å². The quantitative estimate of drug-likeness (QED) is 0.764. The third-order valence-corrected chi connectivity index (χ3v) is 7.09. The second-order valence-electron chi connectivity index (χ2n) is 6.20. The summed E-state index contributed by atoms with van der Waals surface area (Å²) in [5, 5.41) is 6.87. The number of halogens is 2. The smallest absolute Gasteiger partial charge is 0.203 e. The van der Waals surface area contributed by atoms with E-state index >= 15 is 0 Å². The van der Waals surface area contributed by atoms with Gasteiger partial charge in [0.15, 0.2) is 0 Å². The van der Waals surface area contributed by atoms with E-state index < -0.39 is 0 Å². The van der Waals surface area contributed by atoms with E-state index in [0.717, 1.165) is 61.6 Å². The molecule has 2 aliphatic rings. The van der Waals surface area contributed by atoms with Crippen LogP contribution in [0.5, 0.6) is 0 Å². The summed E-state index contributed by atoms with van der Waals surface area (Å²) in [5.41, 5.74) is 4.92. The van der Waals surface area contributed by atoms with Crippen molar-refractivity contribution in [2.45, 2.75) is 32.4 Å². The first-order valence-electron chi connectivity index (χ1n) is 8.09. The summed E-state index contributed by atoms with van der Waals surface area (Å²) in [4.78, 5) is 4.90. The molecule has 23 heavy (non-hydrogen) atoms. The molecule has 2 aromatic rings. The number of aryl methyl sites for hydroxylation is 3.